The Morgan fingerprint density at radius 3 is 2.52 bits per heavy atom. The van der Waals surface area contributed by atoms with Crippen LogP contribution in [0.25, 0.3) is 0 Å². The number of primary sulfonamides is 1. The Hall–Kier alpha value is -2.19. The highest BCUT2D eigenvalue weighted by Crippen LogP contribution is 2.23. The minimum atomic E-state index is -3.83. The van der Waals surface area contributed by atoms with E-state index in [4.69, 9.17) is 5.14 Å². The number of imidazole rings is 1. The number of benzene rings is 1. The van der Waals surface area contributed by atoms with Crippen molar-refractivity contribution in [3.63, 3.8) is 0 Å². The number of carbonyl (C=O) groups excluding carboxylic acids is 1. The Bertz CT molecular complexity index is 809. The van der Waals surface area contributed by atoms with Crippen molar-refractivity contribution < 1.29 is 13.2 Å². The molecular formula is C13H16N4O3S. The number of aromatic nitrogens is 2. The highest BCUT2D eigenvalue weighted by atomic mass is 32.2. The Morgan fingerprint density at radius 1 is 1.33 bits per heavy atom. The molecule has 0 unspecified atom stereocenters. The van der Waals surface area contributed by atoms with Crippen molar-refractivity contribution in [3.05, 3.63) is 41.5 Å². The van der Waals surface area contributed by atoms with Crippen LogP contribution in [0, 0.1) is 13.8 Å². The number of anilines is 1. The monoisotopic (exact) mass is 308 g/mol. The van der Waals surface area contributed by atoms with Crippen molar-refractivity contribution in [2.24, 2.45) is 12.2 Å². The molecule has 0 aliphatic carbocycles. The minimum absolute atomic E-state index is 0.0399. The second-order valence-corrected chi connectivity index (χ2v) is 6.40. The van der Waals surface area contributed by atoms with E-state index in [1.54, 1.807) is 31.7 Å². The van der Waals surface area contributed by atoms with E-state index in [2.05, 4.69) is 10.3 Å². The number of rotatable bonds is 3. The molecule has 0 aliphatic heterocycles. The van der Waals surface area contributed by atoms with E-state index in [1.165, 1.54) is 18.5 Å². The summed E-state index contributed by atoms with van der Waals surface area (Å²) in [5.74, 6) is -0.412. The normalized spacial score (nSPS) is 11.4. The van der Waals surface area contributed by atoms with E-state index in [-0.39, 0.29) is 10.6 Å². The molecule has 8 heteroatoms. The molecule has 0 radical (unpaired) electrons. The number of hydrogen-bond donors (Lipinski definition) is 2. The van der Waals surface area contributed by atoms with Gasteiger partial charge in [0.15, 0.2) is 0 Å². The van der Waals surface area contributed by atoms with Crippen molar-refractivity contribution in [3.8, 4) is 0 Å². The number of amides is 1. The molecule has 2 aromatic rings. The van der Waals surface area contributed by atoms with Gasteiger partial charge in [-0.1, -0.05) is 0 Å². The quantitative estimate of drug-likeness (QED) is 0.879. The average molecular weight is 308 g/mol. The van der Waals surface area contributed by atoms with Gasteiger partial charge in [0, 0.05) is 18.9 Å². The zero-order valence-electron chi connectivity index (χ0n) is 11.9. The lowest BCUT2D eigenvalue weighted by Crippen LogP contribution is -2.16. The fraction of sp³-hybridized carbons (Fsp3) is 0.231. The molecule has 2 rings (SSSR count). The fourth-order valence-electron chi connectivity index (χ4n) is 1.84. The van der Waals surface area contributed by atoms with Crippen LogP contribution in [-0.2, 0) is 17.1 Å². The molecule has 1 amide bonds. The molecule has 0 atom stereocenters. The van der Waals surface area contributed by atoms with E-state index >= 15 is 0 Å². The van der Waals surface area contributed by atoms with E-state index < -0.39 is 15.9 Å². The van der Waals surface area contributed by atoms with Gasteiger partial charge in [-0.25, -0.2) is 18.5 Å². The second-order valence-electron chi connectivity index (χ2n) is 4.84. The number of hydrogen-bond acceptors (Lipinski definition) is 4. The van der Waals surface area contributed by atoms with Crippen molar-refractivity contribution >= 4 is 21.6 Å². The lowest BCUT2D eigenvalue weighted by molar-refractivity contribution is 0.102. The van der Waals surface area contributed by atoms with Crippen LogP contribution in [0.1, 0.15) is 21.6 Å². The number of aryl methyl sites for hydroxylation is 2. The third-order valence-electron chi connectivity index (χ3n) is 3.16. The maximum atomic E-state index is 12.1. The summed E-state index contributed by atoms with van der Waals surface area (Å²) in [4.78, 5) is 16.0. The van der Waals surface area contributed by atoms with Crippen LogP contribution in [0.2, 0.25) is 0 Å². The molecule has 0 saturated carbocycles. The van der Waals surface area contributed by atoms with Crippen molar-refractivity contribution in [1.82, 2.24) is 9.55 Å². The average Bonchev–Trinajstić information content (AvgIpc) is 2.80. The fourth-order valence-corrected chi connectivity index (χ4v) is 2.46. The molecular weight excluding hydrogens is 292 g/mol. The topological polar surface area (TPSA) is 107 Å². The van der Waals surface area contributed by atoms with Crippen LogP contribution in [0.5, 0.6) is 0 Å². The molecule has 0 spiro atoms. The summed E-state index contributed by atoms with van der Waals surface area (Å²) in [5, 5.41) is 7.79. The van der Waals surface area contributed by atoms with Gasteiger partial charge >= 0.3 is 0 Å². The molecule has 0 fully saturated rings. The molecule has 0 bridgehead atoms. The molecule has 1 heterocycles. The molecule has 0 saturated heterocycles. The van der Waals surface area contributed by atoms with Gasteiger partial charge in [-0.15, -0.1) is 0 Å². The Labute approximate surface area is 122 Å². The van der Waals surface area contributed by atoms with Crippen molar-refractivity contribution in [1.29, 1.82) is 0 Å². The van der Waals surface area contributed by atoms with Crippen molar-refractivity contribution in [2.75, 3.05) is 5.32 Å². The van der Waals surface area contributed by atoms with Crippen LogP contribution in [0.4, 0.5) is 5.69 Å². The first-order chi connectivity index (χ1) is 9.68. The summed E-state index contributed by atoms with van der Waals surface area (Å²) in [6.07, 6.45) is 3.08. The SMILES string of the molecule is Cc1cc(S(N)(=O)=O)cc(NC(=O)c2cn(C)cn2)c1C. The zero-order chi connectivity index (χ0) is 15.8. The number of nitrogens with two attached hydrogens (primary N) is 1. The standard InChI is InChI=1S/C13H16N4O3S/c1-8-4-10(21(14,19)20)5-11(9(8)2)16-13(18)12-6-17(3)7-15-12/h4-7H,1-3H3,(H,16,18)(H2,14,19,20). The van der Waals surface area contributed by atoms with E-state index in [1.807, 2.05) is 0 Å². The highest BCUT2D eigenvalue weighted by Gasteiger charge is 2.15. The summed E-state index contributed by atoms with van der Waals surface area (Å²) < 4.78 is 24.6. The number of nitrogens with one attached hydrogen (secondary N) is 1. The van der Waals surface area contributed by atoms with Gasteiger partial charge in [-0.05, 0) is 37.1 Å². The van der Waals surface area contributed by atoms with Crippen LogP contribution in [0.15, 0.2) is 29.6 Å². The third kappa shape index (κ3) is 3.29. The predicted octanol–water partition coefficient (Wildman–Crippen LogP) is 0.937. The lowest BCUT2D eigenvalue weighted by Gasteiger charge is -2.12. The van der Waals surface area contributed by atoms with Crippen LogP contribution < -0.4 is 10.5 Å². The third-order valence-corrected chi connectivity index (χ3v) is 4.05. The van der Waals surface area contributed by atoms with Crippen LogP contribution in [0.3, 0.4) is 0 Å². The molecule has 1 aromatic heterocycles. The van der Waals surface area contributed by atoms with E-state index in [0.717, 1.165) is 11.1 Å². The molecule has 1 aromatic carbocycles. The largest absolute Gasteiger partial charge is 0.340 e. The van der Waals surface area contributed by atoms with Crippen LogP contribution >= 0.6 is 0 Å². The van der Waals surface area contributed by atoms with Gasteiger partial charge < -0.3 is 9.88 Å². The van der Waals surface area contributed by atoms with Crippen LogP contribution in [-0.4, -0.2) is 23.9 Å². The molecule has 0 aliphatic rings. The minimum Gasteiger partial charge on any atom is -0.340 e. The number of sulfonamides is 1. The van der Waals surface area contributed by atoms with Crippen molar-refractivity contribution in [2.45, 2.75) is 18.7 Å². The Morgan fingerprint density at radius 2 is 2.00 bits per heavy atom. The first-order valence-corrected chi connectivity index (χ1v) is 7.66. The first-order valence-electron chi connectivity index (χ1n) is 6.12. The Balaban J connectivity index is 2.40. The second kappa shape index (κ2) is 5.30. The van der Waals surface area contributed by atoms with Gasteiger partial charge in [0.05, 0.1) is 11.2 Å². The molecule has 3 N–H and O–H groups in total. The first kappa shape index (κ1) is 15.2. The summed E-state index contributed by atoms with van der Waals surface area (Å²) in [6, 6.07) is 2.82. The van der Waals surface area contributed by atoms with E-state index in [0.29, 0.717) is 5.69 Å². The summed E-state index contributed by atoms with van der Waals surface area (Å²) in [7, 11) is -2.08. The maximum Gasteiger partial charge on any atom is 0.275 e. The summed E-state index contributed by atoms with van der Waals surface area (Å²) in [6.45, 7) is 3.54. The van der Waals surface area contributed by atoms with Gasteiger partial charge in [0.2, 0.25) is 10.0 Å². The Kier molecular flexibility index (Phi) is 3.84. The van der Waals surface area contributed by atoms with Gasteiger partial charge in [0.25, 0.3) is 5.91 Å². The summed E-state index contributed by atoms with van der Waals surface area (Å²) >= 11 is 0. The number of nitrogens with zero attached hydrogens (tertiary/aromatic N) is 2. The van der Waals surface area contributed by atoms with Gasteiger partial charge in [-0.3, -0.25) is 4.79 Å². The maximum absolute atomic E-state index is 12.1. The lowest BCUT2D eigenvalue weighted by atomic mass is 10.1. The molecule has 21 heavy (non-hydrogen) atoms. The predicted molar refractivity (Wildman–Crippen MR) is 78.5 cm³/mol. The molecule has 7 nitrogen and oxygen atoms in total. The molecule has 112 valence electrons. The van der Waals surface area contributed by atoms with Gasteiger partial charge in [-0.2, -0.15) is 0 Å². The van der Waals surface area contributed by atoms with Gasteiger partial charge in [0.1, 0.15) is 5.69 Å². The zero-order valence-corrected chi connectivity index (χ0v) is 12.7. The highest BCUT2D eigenvalue weighted by molar-refractivity contribution is 7.89. The number of carbonyl (C=O) groups is 1. The smallest absolute Gasteiger partial charge is 0.275 e. The summed E-state index contributed by atoms with van der Waals surface area (Å²) in [5.41, 5.74) is 2.13. The van der Waals surface area contributed by atoms with E-state index in [9.17, 15) is 13.2 Å².